The Labute approximate surface area is 67.5 Å². The van der Waals surface area contributed by atoms with Crippen molar-refractivity contribution in [2.75, 3.05) is 21.1 Å². The molecule has 0 spiro atoms. The number of halogens is 1. The third-order valence-electron chi connectivity index (χ3n) is 0. The van der Waals surface area contributed by atoms with E-state index in [9.17, 15) is 0 Å². The Hall–Kier alpha value is 0.120. The molecule has 0 radical (unpaired) electrons. The quantitative estimate of drug-likeness (QED) is 0.500. The zero-order valence-electron chi connectivity index (χ0n) is 6.10. The largest absolute Gasteiger partial charge is 0.330 e. The van der Waals surface area contributed by atoms with Gasteiger partial charge in [-0.3, -0.25) is 4.55 Å². The Morgan fingerprint density at radius 2 is 1.30 bits per heavy atom. The third-order valence-corrected chi connectivity index (χ3v) is 0. The standard InChI is InChI=1S/C3H9N.ClH.H3NO3S/c1-4(2)3;;1-5(2,3)4/h1-3H3;1H;(H3,1,2,3,4). The minimum absolute atomic E-state index is 0. The Morgan fingerprint density at radius 3 is 1.30 bits per heavy atom. The van der Waals surface area contributed by atoms with Crippen LogP contribution in [0.25, 0.3) is 0 Å². The van der Waals surface area contributed by atoms with Gasteiger partial charge in [-0.2, -0.15) is 8.42 Å². The number of hydrogen-bond acceptors (Lipinski definition) is 3. The monoisotopic (exact) mass is 192 g/mol. The van der Waals surface area contributed by atoms with Crippen molar-refractivity contribution in [2.45, 2.75) is 0 Å². The van der Waals surface area contributed by atoms with Crippen molar-refractivity contribution in [1.82, 2.24) is 4.90 Å². The first-order chi connectivity index (χ1) is 3.73. The molecule has 0 aromatic carbocycles. The van der Waals surface area contributed by atoms with Crippen molar-refractivity contribution in [2.24, 2.45) is 5.14 Å². The van der Waals surface area contributed by atoms with E-state index in [4.69, 9.17) is 13.0 Å². The van der Waals surface area contributed by atoms with Gasteiger partial charge in [0.2, 0.25) is 0 Å². The molecule has 0 bridgehead atoms. The molecular weight excluding hydrogens is 180 g/mol. The van der Waals surface area contributed by atoms with E-state index in [1.807, 2.05) is 26.0 Å². The fourth-order valence-electron chi connectivity index (χ4n) is 0. The molecule has 0 saturated carbocycles. The molecule has 0 fully saturated rings. The summed E-state index contributed by atoms with van der Waals surface area (Å²) in [6, 6.07) is 0. The van der Waals surface area contributed by atoms with Crippen molar-refractivity contribution >= 4 is 22.7 Å². The molecule has 0 unspecified atom stereocenters. The first-order valence-electron chi connectivity index (χ1n) is 2.09. The molecular formula is C3H13ClN2O3S. The summed E-state index contributed by atoms with van der Waals surface area (Å²) in [4.78, 5) is 2.00. The van der Waals surface area contributed by atoms with Crippen molar-refractivity contribution in [3.8, 4) is 0 Å². The van der Waals surface area contributed by atoms with Crippen LogP contribution in [0.3, 0.4) is 0 Å². The molecule has 0 aromatic rings. The first-order valence-corrected chi connectivity index (χ1v) is 3.60. The van der Waals surface area contributed by atoms with E-state index in [1.54, 1.807) is 0 Å². The van der Waals surface area contributed by atoms with Gasteiger partial charge in [0.25, 0.3) is 0 Å². The maximum Gasteiger partial charge on any atom is 0.330 e. The van der Waals surface area contributed by atoms with Gasteiger partial charge in [0.05, 0.1) is 0 Å². The van der Waals surface area contributed by atoms with Gasteiger partial charge in [0.15, 0.2) is 0 Å². The second-order valence-electron chi connectivity index (χ2n) is 1.86. The highest BCUT2D eigenvalue weighted by Crippen LogP contribution is 1.50. The molecule has 0 heterocycles. The lowest BCUT2D eigenvalue weighted by molar-refractivity contribution is 0.485. The van der Waals surface area contributed by atoms with E-state index in [0.29, 0.717) is 0 Å². The predicted molar refractivity (Wildman–Crippen MR) is 42.6 cm³/mol. The number of nitrogens with zero attached hydrogens (tertiary/aromatic N) is 1. The molecule has 10 heavy (non-hydrogen) atoms. The van der Waals surface area contributed by atoms with Crippen molar-refractivity contribution in [1.29, 1.82) is 0 Å². The topological polar surface area (TPSA) is 83.6 Å². The fraction of sp³-hybridized carbons (Fsp3) is 1.00. The summed E-state index contributed by atoms with van der Waals surface area (Å²) in [6.45, 7) is 0. The lowest BCUT2D eigenvalue weighted by Crippen LogP contribution is -2.08. The van der Waals surface area contributed by atoms with Crippen LogP contribution in [0.1, 0.15) is 0 Å². The summed E-state index contributed by atoms with van der Waals surface area (Å²) in [7, 11) is 1.83. The molecule has 5 nitrogen and oxygen atoms in total. The average molecular weight is 193 g/mol. The fourth-order valence-corrected chi connectivity index (χ4v) is 0. The van der Waals surface area contributed by atoms with Gasteiger partial charge in [0, 0.05) is 0 Å². The van der Waals surface area contributed by atoms with Crippen LogP contribution in [0, 0.1) is 0 Å². The van der Waals surface area contributed by atoms with Gasteiger partial charge in [-0.05, 0) is 21.1 Å². The molecule has 0 aliphatic rings. The average Bonchev–Trinajstić information content (AvgIpc) is 1.19. The highest BCUT2D eigenvalue weighted by atomic mass is 35.5. The third kappa shape index (κ3) is 28600. The first kappa shape index (κ1) is 16.6. The van der Waals surface area contributed by atoms with E-state index in [2.05, 4.69) is 5.14 Å². The van der Waals surface area contributed by atoms with Crippen LogP contribution in [0.15, 0.2) is 0 Å². The summed E-state index contributed by atoms with van der Waals surface area (Å²) in [6.07, 6.45) is 0. The Balaban J connectivity index is -0.0000000910. The van der Waals surface area contributed by atoms with E-state index in [-0.39, 0.29) is 12.4 Å². The van der Waals surface area contributed by atoms with Crippen LogP contribution in [-0.2, 0) is 10.3 Å². The minimum atomic E-state index is -4.17. The van der Waals surface area contributed by atoms with E-state index >= 15 is 0 Å². The van der Waals surface area contributed by atoms with Crippen LogP contribution in [0.2, 0.25) is 0 Å². The van der Waals surface area contributed by atoms with E-state index in [0.717, 1.165) is 0 Å². The van der Waals surface area contributed by atoms with Crippen LogP contribution >= 0.6 is 12.4 Å². The van der Waals surface area contributed by atoms with Gasteiger partial charge < -0.3 is 4.90 Å². The molecule has 3 N–H and O–H groups in total. The van der Waals surface area contributed by atoms with Gasteiger partial charge in [-0.1, -0.05) is 0 Å². The SMILES string of the molecule is CN(C)C.Cl.NS(=O)(=O)O. The summed E-state index contributed by atoms with van der Waals surface area (Å²) in [5.41, 5.74) is 0. The summed E-state index contributed by atoms with van der Waals surface area (Å²) in [5, 5.41) is 3.88. The normalized spacial score (nSPS) is 9.40. The summed E-state index contributed by atoms with van der Waals surface area (Å²) in [5.74, 6) is 0. The van der Waals surface area contributed by atoms with Gasteiger partial charge in [-0.25, -0.2) is 5.14 Å². The molecule has 0 saturated heterocycles. The second kappa shape index (κ2) is 7.23. The lowest BCUT2D eigenvalue weighted by atomic mass is 11.0. The second-order valence-corrected chi connectivity index (χ2v) is 2.89. The van der Waals surface area contributed by atoms with E-state index < -0.39 is 10.3 Å². The Bertz CT molecular complexity index is 133. The van der Waals surface area contributed by atoms with Crippen LogP contribution in [-0.4, -0.2) is 39.0 Å². The van der Waals surface area contributed by atoms with Crippen molar-refractivity contribution in [3.63, 3.8) is 0 Å². The maximum atomic E-state index is 8.97. The van der Waals surface area contributed by atoms with Gasteiger partial charge >= 0.3 is 10.3 Å². The molecule has 66 valence electrons. The molecule has 0 rings (SSSR count). The zero-order chi connectivity index (χ0) is 8.08. The highest BCUT2D eigenvalue weighted by Gasteiger charge is 1.81. The molecule has 0 aliphatic carbocycles. The van der Waals surface area contributed by atoms with Gasteiger partial charge in [-0.15, -0.1) is 12.4 Å². The molecule has 7 heteroatoms. The Kier molecular flexibility index (Phi) is 12.0. The summed E-state index contributed by atoms with van der Waals surface area (Å²) < 4.78 is 25.2. The molecule has 0 atom stereocenters. The molecule has 0 aromatic heterocycles. The van der Waals surface area contributed by atoms with Crippen LogP contribution in [0.5, 0.6) is 0 Å². The molecule has 0 aliphatic heterocycles. The summed E-state index contributed by atoms with van der Waals surface area (Å²) >= 11 is 0. The number of nitrogens with two attached hydrogens (primary N) is 1. The maximum absolute atomic E-state index is 8.97. The lowest BCUT2D eigenvalue weighted by Gasteiger charge is -1.90. The minimum Gasteiger partial charge on any atom is -0.312 e. The number of rotatable bonds is 0. The van der Waals surface area contributed by atoms with Crippen LogP contribution < -0.4 is 5.14 Å². The molecule has 0 amide bonds. The van der Waals surface area contributed by atoms with Gasteiger partial charge in [0.1, 0.15) is 0 Å². The smallest absolute Gasteiger partial charge is 0.312 e. The Morgan fingerprint density at radius 1 is 1.30 bits per heavy atom. The predicted octanol–water partition coefficient (Wildman–Crippen LogP) is -0.652. The van der Waals surface area contributed by atoms with Crippen molar-refractivity contribution in [3.05, 3.63) is 0 Å². The number of hydrogen-bond donors (Lipinski definition) is 2. The van der Waals surface area contributed by atoms with Crippen LogP contribution in [0.4, 0.5) is 0 Å². The van der Waals surface area contributed by atoms with Crippen molar-refractivity contribution < 1.29 is 13.0 Å². The zero-order valence-corrected chi connectivity index (χ0v) is 7.74. The highest BCUT2D eigenvalue weighted by molar-refractivity contribution is 7.83. The van der Waals surface area contributed by atoms with E-state index in [1.165, 1.54) is 0 Å².